The van der Waals surface area contributed by atoms with E-state index in [2.05, 4.69) is 44.1 Å². The molecule has 2 aromatic heterocycles. The molecule has 0 radical (unpaired) electrons. The molecule has 0 saturated carbocycles. The van der Waals surface area contributed by atoms with Crippen LogP contribution in [0.5, 0.6) is 5.75 Å². The second-order valence-corrected chi connectivity index (χ2v) is 9.34. The van der Waals surface area contributed by atoms with Gasteiger partial charge in [-0.25, -0.2) is 0 Å². The molecule has 194 valence electrons. The molecule has 4 aromatic rings. The predicted octanol–water partition coefficient (Wildman–Crippen LogP) is 4.95. The number of anilines is 2. The highest BCUT2D eigenvalue weighted by atomic mass is 32.1. The van der Waals surface area contributed by atoms with E-state index < -0.39 is 0 Å². The SMILES string of the molecule is COCC(=O)Nc1ccc(N2C(=S)N[C@H](c3ccccn3)[C@@H]2c2ccc(C)n2-c2ccc(OC)cc2)cc1. The number of nitrogens with zero attached hydrogens (tertiary/aromatic N) is 3. The van der Waals surface area contributed by atoms with Gasteiger partial charge in [0, 0.05) is 41.8 Å². The van der Waals surface area contributed by atoms with Gasteiger partial charge in [0.15, 0.2) is 5.11 Å². The fraction of sp³-hybridized carbons (Fsp3) is 0.207. The number of hydrogen-bond acceptors (Lipinski definition) is 5. The third kappa shape index (κ3) is 4.98. The zero-order valence-corrected chi connectivity index (χ0v) is 22.2. The lowest BCUT2D eigenvalue weighted by Gasteiger charge is -2.29. The fourth-order valence-electron chi connectivity index (χ4n) is 4.84. The van der Waals surface area contributed by atoms with E-state index >= 15 is 0 Å². The van der Waals surface area contributed by atoms with Gasteiger partial charge < -0.3 is 29.6 Å². The van der Waals surface area contributed by atoms with E-state index in [0.29, 0.717) is 10.8 Å². The van der Waals surface area contributed by atoms with Crippen molar-refractivity contribution in [3.63, 3.8) is 0 Å². The second-order valence-electron chi connectivity index (χ2n) is 8.96. The normalized spacial score (nSPS) is 16.8. The summed E-state index contributed by atoms with van der Waals surface area (Å²) in [7, 11) is 3.15. The van der Waals surface area contributed by atoms with Gasteiger partial charge in [0.2, 0.25) is 5.91 Å². The van der Waals surface area contributed by atoms with Gasteiger partial charge in [-0.2, -0.15) is 0 Å². The van der Waals surface area contributed by atoms with Crippen molar-refractivity contribution in [2.45, 2.75) is 19.0 Å². The topological polar surface area (TPSA) is 80.7 Å². The summed E-state index contributed by atoms with van der Waals surface area (Å²) in [6, 6.07) is 25.4. The quantitative estimate of drug-likeness (QED) is 0.314. The highest BCUT2D eigenvalue weighted by Gasteiger charge is 2.42. The Morgan fingerprint density at radius 3 is 2.39 bits per heavy atom. The first kappa shape index (κ1) is 25.4. The van der Waals surface area contributed by atoms with Crippen molar-refractivity contribution in [1.29, 1.82) is 0 Å². The molecule has 1 aliphatic heterocycles. The van der Waals surface area contributed by atoms with Gasteiger partial charge >= 0.3 is 0 Å². The van der Waals surface area contributed by atoms with E-state index in [-0.39, 0.29) is 24.6 Å². The van der Waals surface area contributed by atoms with Crippen LogP contribution < -0.4 is 20.3 Å². The number of nitrogens with one attached hydrogen (secondary N) is 2. The molecule has 2 N–H and O–H groups in total. The number of pyridine rings is 1. The van der Waals surface area contributed by atoms with Gasteiger partial charge in [0.25, 0.3) is 0 Å². The van der Waals surface area contributed by atoms with Crippen LogP contribution in [0.3, 0.4) is 0 Å². The van der Waals surface area contributed by atoms with Crippen LogP contribution in [0.15, 0.2) is 85.1 Å². The minimum atomic E-state index is -0.209. The lowest BCUT2D eigenvalue weighted by molar-refractivity contribution is -0.119. The van der Waals surface area contributed by atoms with Crippen LogP contribution >= 0.6 is 12.2 Å². The number of amides is 1. The molecular weight excluding hydrogens is 498 g/mol. The highest BCUT2D eigenvalue weighted by Crippen LogP contribution is 2.43. The Bertz CT molecular complexity index is 1420. The van der Waals surface area contributed by atoms with Gasteiger partial charge in [0.1, 0.15) is 18.4 Å². The number of aryl methyl sites for hydroxylation is 1. The fourth-order valence-corrected chi connectivity index (χ4v) is 5.19. The summed E-state index contributed by atoms with van der Waals surface area (Å²) in [6.07, 6.45) is 1.80. The lowest BCUT2D eigenvalue weighted by atomic mass is 10.0. The highest BCUT2D eigenvalue weighted by molar-refractivity contribution is 7.80. The molecule has 1 saturated heterocycles. The minimum Gasteiger partial charge on any atom is -0.497 e. The predicted molar refractivity (Wildman–Crippen MR) is 152 cm³/mol. The molecule has 1 amide bonds. The number of aromatic nitrogens is 2. The molecule has 0 aliphatic carbocycles. The molecule has 1 aliphatic rings. The maximum Gasteiger partial charge on any atom is 0.250 e. The van der Waals surface area contributed by atoms with Crippen molar-refractivity contribution >= 4 is 34.6 Å². The van der Waals surface area contributed by atoms with Crippen molar-refractivity contribution in [1.82, 2.24) is 14.9 Å². The molecule has 2 atom stereocenters. The monoisotopic (exact) mass is 527 g/mol. The van der Waals surface area contributed by atoms with Crippen LogP contribution in [0.2, 0.25) is 0 Å². The maximum atomic E-state index is 12.0. The molecule has 3 heterocycles. The number of carbonyl (C=O) groups is 1. The number of rotatable bonds is 8. The Hall–Kier alpha value is -4.21. The molecule has 8 nitrogen and oxygen atoms in total. The summed E-state index contributed by atoms with van der Waals surface area (Å²) < 4.78 is 12.5. The molecular formula is C29H29N5O3S. The van der Waals surface area contributed by atoms with Gasteiger partial charge in [-0.3, -0.25) is 9.78 Å². The Balaban J connectivity index is 1.58. The van der Waals surface area contributed by atoms with Crippen LogP contribution in [-0.2, 0) is 9.53 Å². The van der Waals surface area contributed by atoms with E-state index in [1.807, 2.05) is 66.7 Å². The number of thiocarbonyl (C=S) groups is 1. The van der Waals surface area contributed by atoms with E-state index in [0.717, 1.165) is 34.2 Å². The average Bonchev–Trinajstić information content (AvgIpc) is 3.49. The third-order valence-corrected chi connectivity index (χ3v) is 6.86. The third-order valence-electron chi connectivity index (χ3n) is 6.54. The molecule has 38 heavy (non-hydrogen) atoms. The van der Waals surface area contributed by atoms with E-state index in [4.69, 9.17) is 21.7 Å². The van der Waals surface area contributed by atoms with Crippen LogP contribution in [0.25, 0.3) is 5.69 Å². The van der Waals surface area contributed by atoms with Crippen molar-refractivity contribution in [2.24, 2.45) is 0 Å². The number of carbonyl (C=O) groups excluding carboxylic acids is 1. The van der Waals surface area contributed by atoms with Crippen molar-refractivity contribution in [3.05, 3.63) is 102 Å². The summed E-state index contributed by atoms with van der Waals surface area (Å²) >= 11 is 5.89. The molecule has 2 aromatic carbocycles. The Labute approximate surface area is 227 Å². The zero-order chi connectivity index (χ0) is 26.6. The first-order valence-corrected chi connectivity index (χ1v) is 12.6. The first-order valence-electron chi connectivity index (χ1n) is 12.2. The van der Waals surface area contributed by atoms with E-state index in [9.17, 15) is 4.79 Å². The number of methoxy groups -OCH3 is 2. The molecule has 1 fully saturated rings. The van der Waals surface area contributed by atoms with Gasteiger partial charge in [0.05, 0.1) is 18.8 Å². The maximum absolute atomic E-state index is 12.0. The van der Waals surface area contributed by atoms with Crippen LogP contribution in [0, 0.1) is 6.92 Å². The first-order chi connectivity index (χ1) is 18.5. The van der Waals surface area contributed by atoms with Gasteiger partial charge in [-0.15, -0.1) is 0 Å². The van der Waals surface area contributed by atoms with E-state index in [1.54, 1.807) is 13.3 Å². The molecule has 0 spiro atoms. The summed E-state index contributed by atoms with van der Waals surface area (Å²) in [6.45, 7) is 2.09. The largest absolute Gasteiger partial charge is 0.497 e. The molecule has 5 rings (SSSR count). The van der Waals surface area contributed by atoms with Crippen molar-refractivity contribution in [3.8, 4) is 11.4 Å². The summed E-state index contributed by atoms with van der Waals surface area (Å²) in [5, 5.41) is 6.95. The smallest absolute Gasteiger partial charge is 0.250 e. The number of ether oxygens (including phenoxy) is 2. The number of benzene rings is 2. The van der Waals surface area contributed by atoms with Crippen LogP contribution in [0.4, 0.5) is 11.4 Å². The Morgan fingerprint density at radius 2 is 1.74 bits per heavy atom. The Morgan fingerprint density at radius 1 is 1.00 bits per heavy atom. The van der Waals surface area contributed by atoms with Gasteiger partial charge in [-0.1, -0.05) is 6.07 Å². The standard InChI is InChI=1S/C29H29N5O3S/c1-19-7-16-25(33(19)21-12-14-23(37-3)15-13-21)28-27(24-6-4-5-17-30-24)32-29(38)34(28)22-10-8-20(9-11-22)31-26(35)18-36-2/h4-17,27-28H,18H2,1-3H3,(H,31,35)(H,32,38)/t27-,28+/m1/s1. The van der Waals surface area contributed by atoms with Crippen LogP contribution in [0.1, 0.15) is 29.2 Å². The zero-order valence-electron chi connectivity index (χ0n) is 21.4. The molecule has 0 unspecified atom stereocenters. The minimum absolute atomic E-state index is 0.00257. The lowest BCUT2D eigenvalue weighted by Crippen LogP contribution is -2.30. The van der Waals surface area contributed by atoms with Crippen LogP contribution in [-0.4, -0.2) is 41.4 Å². The molecule has 9 heteroatoms. The van der Waals surface area contributed by atoms with Crippen molar-refractivity contribution in [2.75, 3.05) is 31.0 Å². The summed E-state index contributed by atoms with van der Waals surface area (Å²) in [5.41, 5.74) is 5.66. The van der Waals surface area contributed by atoms with Crippen molar-refractivity contribution < 1.29 is 14.3 Å². The summed E-state index contributed by atoms with van der Waals surface area (Å²) in [5.74, 6) is 0.592. The molecule has 0 bridgehead atoms. The summed E-state index contributed by atoms with van der Waals surface area (Å²) in [4.78, 5) is 18.7. The Kier molecular flexibility index (Phi) is 7.39. The van der Waals surface area contributed by atoms with E-state index in [1.165, 1.54) is 7.11 Å². The number of hydrogen-bond donors (Lipinski definition) is 2. The average molecular weight is 528 g/mol. The second kappa shape index (κ2) is 11.0. The van der Waals surface area contributed by atoms with Gasteiger partial charge in [-0.05, 0) is 91.9 Å².